The minimum atomic E-state index is -5.22. The molecule has 1 unspecified atom stereocenters. The first-order chi connectivity index (χ1) is 11.5. The van der Waals surface area contributed by atoms with Crippen LogP contribution >= 0.6 is 7.60 Å². The lowest BCUT2D eigenvalue weighted by Crippen LogP contribution is -2.64. The summed E-state index contributed by atoms with van der Waals surface area (Å²) in [5, 5.41) is 19.2. The number of carboxylic acids is 1. The number of hydrogen-bond acceptors (Lipinski definition) is 3. The van der Waals surface area contributed by atoms with E-state index in [0.29, 0.717) is 6.42 Å². The maximum atomic E-state index is 11.5. The second-order valence-electron chi connectivity index (χ2n) is 7.43. The summed E-state index contributed by atoms with van der Waals surface area (Å²) in [4.78, 5) is 29.8. The summed E-state index contributed by atoms with van der Waals surface area (Å²) in [5.74, 6) is -1.89. The summed E-state index contributed by atoms with van der Waals surface area (Å²) in [5.41, 5.74) is -3.11. The molecule has 0 radical (unpaired) electrons. The van der Waals surface area contributed by atoms with Crippen LogP contribution in [0.5, 0.6) is 0 Å². The fourth-order valence-corrected chi connectivity index (χ4v) is 4.12. The molecule has 0 saturated heterocycles. The third-order valence-corrected chi connectivity index (χ3v) is 6.40. The molecular formula is C17H37NO6P+. The molecule has 0 aromatic carbocycles. The lowest BCUT2D eigenvalue weighted by atomic mass is 10.1. The van der Waals surface area contributed by atoms with Gasteiger partial charge in [-0.25, -0.2) is 9.36 Å². The van der Waals surface area contributed by atoms with Gasteiger partial charge >= 0.3 is 19.0 Å². The molecule has 0 aliphatic carbocycles. The monoisotopic (exact) mass is 382 g/mol. The van der Waals surface area contributed by atoms with E-state index in [9.17, 15) is 24.3 Å². The van der Waals surface area contributed by atoms with Crippen LogP contribution in [0.25, 0.3) is 0 Å². The van der Waals surface area contributed by atoms with E-state index >= 15 is 0 Å². The quantitative estimate of drug-likeness (QED) is 0.150. The molecule has 150 valence electrons. The van der Waals surface area contributed by atoms with Crippen molar-refractivity contribution in [2.45, 2.75) is 83.0 Å². The molecule has 0 aliphatic rings. The molecule has 25 heavy (non-hydrogen) atoms. The molecule has 0 aromatic rings. The van der Waals surface area contributed by atoms with E-state index in [0.717, 1.165) is 19.3 Å². The number of carbonyl (C=O) groups is 1. The first kappa shape index (κ1) is 24.5. The Hall–Kier alpha value is -0.460. The molecule has 0 saturated carbocycles. The molecule has 8 heteroatoms. The number of carboxylic acid groups (broad SMARTS) is 1. The van der Waals surface area contributed by atoms with Gasteiger partial charge in [0.1, 0.15) is 0 Å². The molecule has 0 spiro atoms. The molecule has 0 aliphatic heterocycles. The maximum Gasteiger partial charge on any atom is 0.427 e. The van der Waals surface area contributed by atoms with Crippen molar-refractivity contribution in [1.29, 1.82) is 0 Å². The van der Waals surface area contributed by atoms with E-state index in [4.69, 9.17) is 5.11 Å². The topological polar surface area (TPSA) is 115 Å². The van der Waals surface area contributed by atoms with Crippen molar-refractivity contribution >= 4 is 13.6 Å². The highest BCUT2D eigenvalue weighted by molar-refractivity contribution is 7.54. The van der Waals surface area contributed by atoms with Gasteiger partial charge in [0.15, 0.2) is 0 Å². The Morgan fingerprint density at radius 2 is 1.24 bits per heavy atom. The second kappa shape index (κ2) is 11.3. The van der Waals surface area contributed by atoms with Gasteiger partial charge in [-0.2, -0.15) is 0 Å². The van der Waals surface area contributed by atoms with Crippen LogP contribution in [0.2, 0.25) is 0 Å². The summed E-state index contributed by atoms with van der Waals surface area (Å²) in [6, 6.07) is 0. The lowest BCUT2D eigenvalue weighted by Gasteiger charge is -2.41. The van der Waals surface area contributed by atoms with Gasteiger partial charge in [0.05, 0.1) is 20.6 Å². The van der Waals surface area contributed by atoms with Crippen LogP contribution in [0.3, 0.4) is 0 Å². The first-order valence-electron chi connectivity index (χ1n) is 9.35. The molecule has 0 amide bonds. The standard InChI is InChI=1S/C17H36NO6P/c1-4-5-6-7-8-9-10-11-12-13-14-15-18(2,3)17(21,16(19)20)25(22,23)24/h21H,4-15H2,1-3H3,(H2-,19,20,22,23,24)/p+1. The Balaban J connectivity index is 4.07. The molecule has 0 rings (SSSR count). The zero-order chi connectivity index (χ0) is 19.6. The van der Waals surface area contributed by atoms with Gasteiger partial charge in [-0.05, 0) is 12.8 Å². The number of likely N-dealkylation sites (N-methyl/N-ethyl adjacent to an activating group) is 1. The van der Waals surface area contributed by atoms with Crippen LogP contribution in [0.4, 0.5) is 0 Å². The summed E-state index contributed by atoms with van der Waals surface area (Å²) in [6.45, 7) is 2.39. The van der Waals surface area contributed by atoms with Crippen molar-refractivity contribution in [2.24, 2.45) is 0 Å². The normalized spacial score (nSPS) is 15.1. The van der Waals surface area contributed by atoms with Crippen molar-refractivity contribution in [2.75, 3.05) is 20.6 Å². The number of unbranched alkanes of at least 4 members (excludes halogenated alkanes) is 10. The smallest absolute Gasteiger partial charge is 0.427 e. The van der Waals surface area contributed by atoms with Crippen molar-refractivity contribution in [3.63, 3.8) is 0 Å². The van der Waals surface area contributed by atoms with Gasteiger partial charge < -0.3 is 20.0 Å². The largest absolute Gasteiger partial charge is 0.474 e. The minimum absolute atomic E-state index is 0.185. The van der Waals surface area contributed by atoms with E-state index in [2.05, 4.69) is 6.92 Å². The van der Waals surface area contributed by atoms with Crippen LogP contribution < -0.4 is 0 Å². The number of aliphatic hydroxyl groups is 1. The Bertz CT molecular complexity index is 437. The second-order valence-corrected chi connectivity index (χ2v) is 9.14. The fraction of sp³-hybridized carbons (Fsp3) is 0.941. The summed E-state index contributed by atoms with van der Waals surface area (Å²) >= 11 is 0. The first-order valence-corrected chi connectivity index (χ1v) is 11.0. The molecule has 0 heterocycles. The molecular weight excluding hydrogens is 345 g/mol. The predicted molar refractivity (Wildman–Crippen MR) is 98.1 cm³/mol. The average molecular weight is 382 g/mol. The highest BCUT2D eigenvalue weighted by Crippen LogP contribution is 2.53. The maximum absolute atomic E-state index is 11.5. The van der Waals surface area contributed by atoms with Crippen LogP contribution in [-0.4, -0.2) is 56.6 Å². The third-order valence-electron chi connectivity index (χ3n) is 4.86. The van der Waals surface area contributed by atoms with Gasteiger partial charge in [-0.3, -0.25) is 4.48 Å². The molecule has 0 bridgehead atoms. The van der Waals surface area contributed by atoms with Gasteiger partial charge in [0, 0.05) is 0 Å². The third kappa shape index (κ3) is 7.75. The van der Waals surface area contributed by atoms with Crippen molar-refractivity contribution in [3.8, 4) is 0 Å². The van der Waals surface area contributed by atoms with Gasteiger partial charge in [-0.15, -0.1) is 0 Å². The molecule has 4 N–H and O–H groups in total. The number of nitrogens with zero attached hydrogens (tertiary/aromatic N) is 1. The Kier molecular flexibility index (Phi) is 11.1. The van der Waals surface area contributed by atoms with Crippen molar-refractivity contribution in [3.05, 3.63) is 0 Å². The van der Waals surface area contributed by atoms with Crippen molar-refractivity contribution < 1.29 is 33.8 Å². The predicted octanol–water partition coefficient (Wildman–Crippen LogP) is 3.28. The Morgan fingerprint density at radius 1 is 0.880 bits per heavy atom. The number of rotatable bonds is 15. The summed E-state index contributed by atoms with van der Waals surface area (Å²) in [6.07, 6.45) is 12.5. The number of aliphatic carboxylic acids is 1. The molecule has 0 aromatic heterocycles. The van der Waals surface area contributed by atoms with E-state index in [-0.39, 0.29) is 6.54 Å². The number of hydrogen-bond donors (Lipinski definition) is 4. The van der Waals surface area contributed by atoms with Crippen LogP contribution in [0.1, 0.15) is 77.6 Å². The van der Waals surface area contributed by atoms with E-state index < -0.39 is 23.5 Å². The molecule has 7 nitrogen and oxygen atoms in total. The van der Waals surface area contributed by atoms with Gasteiger partial charge in [-0.1, -0.05) is 64.7 Å². The van der Waals surface area contributed by atoms with Gasteiger partial charge in [0.25, 0.3) is 0 Å². The van der Waals surface area contributed by atoms with Crippen LogP contribution in [-0.2, 0) is 9.36 Å². The van der Waals surface area contributed by atoms with Gasteiger partial charge in [0.2, 0.25) is 0 Å². The van der Waals surface area contributed by atoms with Crippen molar-refractivity contribution in [1.82, 2.24) is 0 Å². The SMILES string of the molecule is CCCCCCCCCCCCC[N+](C)(C)C(O)(C(=O)O)P(=O)(O)O. The lowest BCUT2D eigenvalue weighted by molar-refractivity contribution is -0.941. The average Bonchev–Trinajstić information content (AvgIpc) is 2.50. The van der Waals surface area contributed by atoms with E-state index in [1.54, 1.807) is 0 Å². The Labute approximate surface area is 151 Å². The molecule has 1 atom stereocenters. The van der Waals surface area contributed by atoms with Crippen LogP contribution in [0.15, 0.2) is 0 Å². The Morgan fingerprint density at radius 3 is 1.56 bits per heavy atom. The molecule has 0 fully saturated rings. The highest BCUT2D eigenvalue weighted by Gasteiger charge is 2.65. The minimum Gasteiger partial charge on any atom is -0.474 e. The number of quaternary nitrogens is 1. The van der Waals surface area contributed by atoms with Crippen LogP contribution in [0, 0.1) is 0 Å². The highest BCUT2D eigenvalue weighted by atomic mass is 31.2. The zero-order valence-electron chi connectivity index (χ0n) is 16.0. The zero-order valence-corrected chi connectivity index (χ0v) is 16.9. The summed E-state index contributed by atoms with van der Waals surface area (Å²) in [7, 11) is -2.55. The fourth-order valence-electron chi connectivity index (χ4n) is 3.06. The van der Waals surface area contributed by atoms with E-state index in [1.165, 1.54) is 59.0 Å². The summed E-state index contributed by atoms with van der Waals surface area (Å²) < 4.78 is 10.8. The van der Waals surface area contributed by atoms with E-state index in [1.807, 2.05) is 0 Å².